The van der Waals surface area contributed by atoms with Crippen molar-refractivity contribution in [1.29, 1.82) is 0 Å². The molecule has 7 nitrogen and oxygen atoms in total. The molecule has 0 amide bonds. The lowest BCUT2D eigenvalue weighted by Gasteiger charge is -2.25. The molecular formula is C17H15N3O4. The van der Waals surface area contributed by atoms with Gasteiger partial charge in [-0.2, -0.15) is 5.10 Å². The Labute approximate surface area is 138 Å². The topological polar surface area (TPSA) is 96.0 Å². The highest BCUT2D eigenvalue weighted by Crippen LogP contribution is 2.37. The van der Waals surface area contributed by atoms with E-state index >= 15 is 0 Å². The number of aliphatic carboxylic acids is 1. The van der Waals surface area contributed by atoms with Crippen LogP contribution in [0.2, 0.25) is 0 Å². The summed E-state index contributed by atoms with van der Waals surface area (Å²) in [6.45, 7) is 1.75. The summed E-state index contributed by atoms with van der Waals surface area (Å²) in [6.07, 6.45) is 0.274. The monoisotopic (exact) mass is 325 g/mol. The van der Waals surface area contributed by atoms with E-state index in [4.69, 9.17) is 0 Å². The van der Waals surface area contributed by atoms with Crippen LogP contribution in [0.5, 0.6) is 0 Å². The van der Waals surface area contributed by atoms with Gasteiger partial charge in [0, 0.05) is 18.6 Å². The van der Waals surface area contributed by atoms with Crippen LogP contribution in [0, 0.1) is 17.0 Å². The van der Waals surface area contributed by atoms with Gasteiger partial charge in [-0.15, -0.1) is 0 Å². The molecule has 1 aliphatic rings. The number of anilines is 1. The van der Waals surface area contributed by atoms with Gasteiger partial charge in [0.1, 0.15) is 5.71 Å². The van der Waals surface area contributed by atoms with E-state index in [1.807, 2.05) is 30.3 Å². The fourth-order valence-corrected chi connectivity index (χ4v) is 2.81. The number of non-ortho nitro benzene ring substituents is 1. The number of carbonyl (C=O) groups is 1. The molecule has 0 saturated heterocycles. The second-order valence-electron chi connectivity index (χ2n) is 5.55. The Morgan fingerprint density at radius 3 is 2.58 bits per heavy atom. The van der Waals surface area contributed by atoms with E-state index in [0.29, 0.717) is 11.3 Å². The van der Waals surface area contributed by atoms with Crippen LogP contribution < -0.4 is 5.01 Å². The third-order valence-corrected chi connectivity index (χ3v) is 3.98. The normalized spacial score (nSPS) is 16.8. The lowest BCUT2D eigenvalue weighted by molar-refractivity contribution is -0.384. The average Bonchev–Trinajstić information content (AvgIpc) is 3.00. The highest BCUT2D eigenvalue weighted by atomic mass is 16.6. The fraction of sp³-hybridized carbons (Fsp3) is 0.176. The maximum absolute atomic E-state index is 11.3. The molecule has 0 bridgehead atoms. The van der Waals surface area contributed by atoms with Crippen LogP contribution in [0.25, 0.3) is 0 Å². The molecule has 0 spiro atoms. The van der Waals surface area contributed by atoms with Crippen LogP contribution in [-0.2, 0) is 4.79 Å². The van der Waals surface area contributed by atoms with Crippen LogP contribution in [0.3, 0.4) is 0 Å². The molecule has 1 heterocycles. The minimum Gasteiger partial charge on any atom is -0.477 e. The van der Waals surface area contributed by atoms with Crippen LogP contribution in [0.4, 0.5) is 11.4 Å². The molecule has 0 unspecified atom stereocenters. The third-order valence-electron chi connectivity index (χ3n) is 3.98. The maximum Gasteiger partial charge on any atom is 0.352 e. The molecule has 0 aliphatic carbocycles. The van der Waals surface area contributed by atoms with Gasteiger partial charge < -0.3 is 5.11 Å². The Balaban J connectivity index is 2.04. The first-order chi connectivity index (χ1) is 11.5. The molecule has 3 rings (SSSR count). The number of hydrazone groups is 1. The van der Waals surface area contributed by atoms with Crippen molar-refractivity contribution in [2.75, 3.05) is 5.01 Å². The van der Waals surface area contributed by atoms with Crippen LogP contribution in [-0.4, -0.2) is 21.7 Å². The molecule has 1 aliphatic heterocycles. The molecule has 0 fully saturated rings. The number of nitro groups is 1. The number of nitrogens with zero attached hydrogens (tertiary/aromatic N) is 3. The van der Waals surface area contributed by atoms with Gasteiger partial charge in [0.05, 0.1) is 16.7 Å². The minimum atomic E-state index is -1.06. The Bertz CT molecular complexity index is 833. The molecule has 0 aromatic heterocycles. The third kappa shape index (κ3) is 2.83. The number of carboxylic acid groups (broad SMARTS) is 1. The van der Waals surface area contributed by atoms with Crippen LogP contribution in [0.15, 0.2) is 53.6 Å². The van der Waals surface area contributed by atoms with Gasteiger partial charge in [-0.05, 0) is 24.1 Å². The summed E-state index contributed by atoms with van der Waals surface area (Å²) in [5.41, 5.74) is 2.33. The second kappa shape index (κ2) is 6.11. The van der Waals surface area contributed by atoms with Crippen molar-refractivity contribution in [3.63, 3.8) is 0 Å². The quantitative estimate of drug-likeness (QED) is 0.687. The van der Waals surface area contributed by atoms with E-state index in [1.54, 1.807) is 18.0 Å². The number of hydrogen-bond donors (Lipinski definition) is 1. The molecule has 1 N–H and O–H groups in total. The minimum absolute atomic E-state index is 0.00542. The molecule has 0 saturated carbocycles. The summed E-state index contributed by atoms with van der Waals surface area (Å²) >= 11 is 0. The lowest BCUT2D eigenvalue weighted by Crippen LogP contribution is -2.19. The molecule has 7 heteroatoms. The zero-order valence-electron chi connectivity index (χ0n) is 12.9. The number of carboxylic acids is 1. The first-order valence-corrected chi connectivity index (χ1v) is 7.37. The molecular weight excluding hydrogens is 310 g/mol. The summed E-state index contributed by atoms with van der Waals surface area (Å²) in [6, 6.07) is 13.7. The van der Waals surface area contributed by atoms with Crippen molar-refractivity contribution in [3.05, 3.63) is 69.8 Å². The Morgan fingerprint density at radius 2 is 2.00 bits per heavy atom. The van der Waals surface area contributed by atoms with Crippen LogP contribution in [0.1, 0.15) is 23.6 Å². The summed E-state index contributed by atoms with van der Waals surface area (Å²) in [4.78, 5) is 21.8. The standard InChI is InChI=1S/C17H15N3O4/c1-11-9-13(20(23)24)7-8-15(11)19-16(10-14(18-19)17(21)22)12-5-3-2-4-6-12/h2-9,16H,10H2,1H3,(H,21,22)/t16-/m0/s1. The Kier molecular flexibility index (Phi) is 3.99. The highest BCUT2D eigenvalue weighted by Gasteiger charge is 2.33. The number of hydrogen-bond acceptors (Lipinski definition) is 5. The van der Waals surface area contributed by atoms with Gasteiger partial charge in [-0.3, -0.25) is 15.1 Å². The largest absolute Gasteiger partial charge is 0.477 e. The molecule has 2 aromatic rings. The maximum atomic E-state index is 11.3. The number of rotatable bonds is 4. The molecule has 2 aromatic carbocycles. The van der Waals surface area contributed by atoms with Crippen molar-refractivity contribution in [2.24, 2.45) is 5.10 Å². The summed E-state index contributed by atoms with van der Waals surface area (Å²) in [5.74, 6) is -1.06. The zero-order chi connectivity index (χ0) is 17.3. The van der Waals surface area contributed by atoms with Gasteiger partial charge in [-0.1, -0.05) is 30.3 Å². The number of benzene rings is 2. The average molecular weight is 325 g/mol. The van der Waals surface area contributed by atoms with E-state index < -0.39 is 10.9 Å². The van der Waals surface area contributed by atoms with E-state index in [2.05, 4.69) is 5.10 Å². The van der Waals surface area contributed by atoms with E-state index in [9.17, 15) is 20.0 Å². The molecule has 122 valence electrons. The molecule has 1 atom stereocenters. The first-order valence-electron chi connectivity index (χ1n) is 7.37. The van der Waals surface area contributed by atoms with E-state index in [0.717, 1.165) is 5.56 Å². The second-order valence-corrected chi connectivity index (χ2v) is 5.55. The van der Waals surface area contributed by atoms with Gasteiger partial charge in [0.2, 0.25) is 0 Å². The smallest absolute Gasteiger partial charge is 0.352 e. The van der Waals surface area contributed by atoms with Crippen molar-refractivity contribution < 1.29 is 14.8 Å². The van der Waals surface area contributed by atoms with Gasteiger partial charge >= 0.3 is 5.97 Å². The fourth-order valence-electron chi connectivity index (χ4n) is 2.81. The summed E-state index contributed by atoms with van der Waals surface area (Å²) in [5, 5.41) is 26.0. The number of aryl methyl sites for hydroxylation is 1. The predicted molar refractivity (Wildman–Crippen MR) is 89.2 cm³/mol. The van der Waals surface area contributed by atoms with E-state index in [1.165, 1.54) is 12.1 Å². The van der Waals surface area contributed by atoms with E-state index in [-0.39, 0.29) is 23.9 Å². The first kappa shape index (κ1) is 15.7. The Morgan fingerprint density at radius 1 is 1.29 bits per heavy atom. The molecule has 24 heavy (non-hydrogen) atoms. The van der Waals surface area contributed by atoms with Crippen LogP contribution >= 0.6 is 0 Å². The van der Waals surface area contributed by atoms with Gasteiger partial charge in [0.25, 0.3) is 5.69 Å². The zero-order valence-corrected chi connectivity index (χ0v) is 12.9. The van der Waals surface area contributed by atoms with Crippen molar-refractivity contribution >= 4 is 23.1 Å². The predicted octanol–water partition coefficient (Wildman–Crippen LogP) is 3.30. The van der Waals surface area contributed by atoms with Crippen molar-refractivity contribution in [1.82, 2.24) is 0 Å². The van der Waals surface area contributed by atoms with Crippen molar-refractivity contribution in [2.45, 2.75) is 19.4 Å². The SMILES string of the molecule is Cc1cc([N+](=O)[O-])ccc1N1N=C(C(=O)O)C[C@H]1c1ccccc1. The highest BCUT2D eigenvalue weighted by molar-refractivity contribution is 6.36. The van der Waals surface area contributed by atoms with Crippen molar-refractivity contribution in [3.8, 4) is 0 Å². The molecule has 0 radical (unpaired) electrons. The Hall–Kier alpha value is -3.22. The van der Waals surface area contributed by atoms with Gasteiger partial charge in [0.15, 0.2) is 0 Å². The van der Waals surface area contributed by atoms with Gasteiger partial charge in [-0.25, -0.2) is 4.79 Å². The summed E-state index contributed by atoms with van der Waals surface area (Å²) < 4.78 is 0. The summed E-state index contributed by atoms with van der Waals surface area (Å²) in [7, 11) is 0. The lowest BCUT2D eigenvalue weighted by atomic mass is 10.0. The number of nitro benzene ring substituents is 1.